The third-order valence-corrected chi connectivity index (χ3v) is 7.53. The topological polar surface area (TPSA) is 118 Å². The highest BCUT2D eigenvalue weighted by molar-refractivity contribution is 7.17. The average Bonchev–Trinajstić information content (AvgIpc) is 3.55. The summed E-state index contributed by atoms with van der Waals surface area (Å²) in [5, 5.41) is 14.8. The van der Waals surface area contributed by atoms with Crippen LogP contribution in [-0.2, 0) is 9.53 Å². The second-order valence-corrected chi connectivity index (χ2v) is 9.96. The van der Waals surface area contributed by atoms with Gasteiger partial charge < -0.3 is 15.2 Å². The number of aliphatic carboxylic acids is 1. The van der Waals surface area contributed by atoms with Gasteiger partial charge in [0.15, 0.2) is 5.13 Å². The lowest BCUT2D eigenvalue weighted by Gasteiger charge is -2.14. The lowest BCUT2D eigenvalue weighted by Crippen LogP contribution is -2.32. The Morgan fingerprint density at radius 2 is 1.71 bits per heavy atom. The summed E-state index contributed by atoms with van der Waals surface area (Å²) in [6.45, 7) is 0.192. The van der Waals surface area contributed by atoms with E-state index in [1.54, 1.807) is 0 Å². The predicted octanol–water partition coefficient (Wildman–Crippen LogP) is 4.88. The smallest absolute Gasteiger partial charge is 0.413 e. The second-order valence-electron chi connectivity index (χ2n) is 8.93. The fraction of sp³-hybridized carbons (Fsp3) is 0.308. The maximum absolute atomic E-state index is 12.6. The van der Waals surface area contributed by atoms with Gasteiger partial charge in [0.2, 0.25) is 0 Å². The first-order valence-corrected chi connectivity index (χ1v) is 12.4. The number of nitrogens with zero attached hydrogens (tertiary/aromatic N) is 1. The van der Waals surface area contributed by atoms with Crippen LogP contribution in [0, 0.1) is 5.92 Å². The van der Waals surface area contributed by atoms with Crippen LogP contribution in [0.5, 0.6) is 0 Å². The molecule has 35 heavy (non-hydrogen) atoms. The molecule has 0 saturated heterocycles. The van der Waals surface area contributed by atoms with E-state index in [1.165, 1.54) is 6.20 Å². The van der Waals surface area contributed by atoms with E-state index >= 15 is 0 Å². The molecule has 2 aliphatic carbocycles. The van der Waals surface area contributed by atoms with Crippen molar-refractivity contribution in [1.82, 2.24) is 10.3 Å². The third-order valence-electron chi connectivity index (χ3n) is 6.62. The molecule has 1 heterocycles. The number of anilines is 1. The van der Waals surface area contributed by atoms with Gasteiger partial charge in [0, 0.05) is 18.4 Å². The zero-order chi connectivity index (χ0) is 24.4. The number of carbonyl (C=O) groups is 3. The number of benzene rings is 2. The van der Waals surface area contributed by atoms with Gasteiger partial charge in [0.1, 0.15) is 11.5 Å². The van der Waals surface area contributed by atoms with E-state index in [9.17, 15) is 14.4 Å². The van der Waals surface area contributed by atoms with E-state index in [-0.39, 0.29) is 41.9 Å². The molecule has 1 aromatic heterocycles. The monoisotopic (exact) mass is 491 g/mol. The number of rotatable bonds is 7. The number of amides is 2. The highest BCUT2D eigenvalue weighted by Crippen LogP contribution is 2.44. The van der Waals surface area contributed by atoms with E-state index in [0.717, 1.165) is 46.4 Å². The van der Waals surface area contributed by atoms with Gasteiger partial charge in [-0.2, -0.15) is 0 Å². The number of fused-ring (bicyclic) bond motifs is 3. The number of hydrogen-bond acceptors (Lipinski definition) is 6. The molecule has 1 fully saturated rings. The van der Waals surface area contributed by atoms with Crippen molar-refractivity contribution < 1.29 is 24.2 Å². The Morgan fingerprint density at radius 3 is 2.40 bits per heavy atom. The second kappa shape index (κ2) is 9.87. The summed E-state index contributed by atoms with van der Waals surface area (Å²) in [6, 6.07) is 16.2. The molecule has 3 N–H and O–H groups in total. The molecule has 180 valence electrons. The summed E-state index contributed by atoms with van der Waals surface area (Å²) in [7, 11) is 0. The first-order valence-electron chi connectivity index (χ1n) is 11.6. The Labute approximate surface area is 206 Å². The van der Waals surface area contributed by atoms with Gasteiger partial charge >= 0.3 is 12.1 Å². The first-order chi connectivity index (χ1) is 17.0. The summed E-state index contributed by atoms with van der Waals surface area (Å²) >= 11 is 1.07. The van der Waals surface area contributed by atoms with Crippen LogP contribution in [0.2, 0.25) is 0 Å². The summed E-state index contributed by atoms with van der Waals surface area (Å²) in [5.41, 5.74) is 4.58. The number of nitrogens with one attached hydrogen (secondary N) is 2. The minimum atomic E-state index is -0.812. The number of ether oxygens (including phenoxy) is 1. The highest BCUT2D eigenvalue weighted by Gasteiger charge is 2.30. The minimum Gasteiger partial charge on any atom is -0.481 e. The van der Waals surface area contributed by atoms with Crippen LogP contribution in [0.25, 0.3) is 11.1 Å². The average molecular weight is 492 g/mol. The van der Waals surface area contributed by atoms with E-state index in [0.29, 0.717) is 11.3 Å². The standard InChI is InChI=1S/C26H25N3O5S/c30-23(31)12-15-9-10-16(11-15)28-24(32)22-13-27-25(35-22)29-26(33)34-14-21-19-7-3-1-5-17(19)18-6-2-4-8-20(18)21/h1-8,13,15-16,21H,9-12,14H2,(H,28,32)(H,30,31)(H,27,29,33). The number of carboxylic acids is 1. The van der Waals surface area contributed by atoms with Crippen molar-refractivity contribution in [3.63, 3.8) is 0 Å². The zero-order valence-corrected chi connectivity index (χ0v) is 19.7. The summed E-state index contributed by atoms with van der Waals surface area (Å²) in [5.74, 6) is -1.04. The van der Waals surface area contributed by atoms with Gasteiger partial charge in [-0.05, 0) is 47.4 Å². The fourth-order valence-electron chi connectivity index (χ4n) is 5.05. The molecular formula is C26H25N3O5S. The van der Waals surface area contributed by atoms with Crippen LogP contribution in [0.1, 0.15) is 52.4 Å². The molecule has 8 nitrogen and oxygen atoms in total. The van der Waals surface area contributed by atoms with E-state index in [2.05, 4.69) is 39.9 Å². The lowest BCUT2D eigenvalue weighted by atomic mass is 9.98. The molecule has 9 heteroatoms. The summed E-state index contributed by atoms with van der Waals surface area (Å²) in [4.78, 5) is 40.4. The van der Waals surface area contributed by atoms with Crippen molar-refractivity contribution in [3.05, 3.63) is 70.7 Å². The Balaban J connectivity index is 1.15. The van der Waals surface area contributed by atoms with E-state index in [1.807, 2.05) is 24.3 Å². The zero-order valence-electron chi connectivity index (χ0n) is 18.9. The van der Waals surface area contributed by atoms with Crippen molar-refractivity contribution in [2.45, 2.75) is 37.6 Å². The Morgan fingerprint density at radius 1 is 1.03 bits per heavy atom. The molecule has 2 unspecified atom stereocenters. The highest BCUT2D eigenvalue weighted by atomic mass is 32.1. The number of carboxylic acid groups (broad SMARTS) is 1. The Kier molecular flexibility index (Phi) is 6.50. The van der Waals surface area contributed by atoms with Crippen molar-refractivity contribution in [3.8, 4) is 11.1 Å². The molecular weight excluding hydrogens is 466 g/mol. The maximum atomic E-state index is 12.6. The van der Waals surface area contributed by atoms with Crippen molar-refractivity contribution in [1.29, 1.82) is 0 Å². The van der Waals surface area contributed by atoms with Gasteiger partial charge in [-0.15, -0.1) is 0 Å². The van der Waals surface area contributed by atoms with Gasteiger partial charge in [-0.1, -0.05) is 59.9 Å². The van der Waals surface area contributed by atoms with Crippen LogP contribution >= 0.6 is 11.3 Å². The predicted molar refractivity (Wildman–Crippen MR) is 132 cm³/mol. The minimum absolute atomic E-state index is 0.0397. The SMILES string of the molecule is O=C(O)CC1CCC(NC(=O)c2cnc(NC(=O)OCC3c4ccccc4-c4ccccc43)s2)C1. The van der Waals surface area contributed by atoms with E-state index < -0.39 is 12.1 Å². The van der Waals surface area contributed by atoms with Crippen molar-refractivity contribution in [2.75, 3.05) is 11.9 Å². The van der Waals surface area contributed by atoms with Gasteiger partial charge in [-0.3, -0.25) is 14.9 Å². The van der Waals surface area contributed by atoms with Gasteiger partial charge in [0.05, 0.1) is 6.20 Å². The Bertz CT molecular complexity index is 1230. The largest absolute Gasteiger partial charge is 0.481 e. The van der Waals surface area contributed by atoms with Crippen LogP contribution in [-0.4, -0.2) is 40.7 Å². The van der Waals surface area contributed by atoms with Crippen molar-refractivity contribution >= 4 is 34.4 Å². The molecule has 1 saturated carbocycles. The molecule has 2 aromatic carbocycles. The molecule has 5 rings (SSSR count). The molecule has 3 aromatic rings. The molecule has 2 amide bonds. The molecule has 0 radical (unpaired) electrons. The molecule has 0 aliphatic heterocycles. The molecule has 0 spiro atoms. The summed E-state index contributed by atoms with van der Waals surface area (Å²) in [6.07, 6.45) is 3.12. The third kappa shape index (κ3) is 5.05. The van der Waals surface area contributed by atoms with Gasteiger partial charge in [0.25, 0.3) is 5.91 Å². The van der Waals surface area contributed by atoms with Crippen LogP contribution < -0.4 is 10.6 Å². The van der Waals surface area contributed by atoms with E-state index in [4.69, 9.17) is 9.84 Å². The lowest BCUT2D eigenvalue weighted by molar-refractivity contribution is -0.138. The maximum Gasteiger partial charge on any atom is 0.413 e. The quantitative estimate of drug-likeness (QED) is 0.434. The normalized spacial score (nSPS) is 18.5. The first kappa shape index (κ1) is 23.0. The van der Waals surface area contributed by atoms with Crippen molar-refractivity contribution in [2.24, 2.45) is 5.92 Å². The molecule has 0 bridgehead atoms. The van der Waals surface area contributed by atoms with Crippen LogP contribution in [0.15, 0.2) is 54.7 Å². The molecule has 2 atom stereocenters. The van der Waals surface area contributed by atoms with Gasteiger partial charge in [-0.25, -0.2) is 9.78 Å². The summed E-state index contributed by atoms with van der Waals surface area (Å²) < 4.78 is 5.53. The number of aromatic nitrogens is 1. The number of hydrogen-bond donors (Lipinski definition) is 3. The molecule has 2 aliphatic rings. The fourth-order valence-corrected chi connectivity index (χ4v) is 5.76. The number of thiazole rings is 1. The Hall–Kier alpha value is -3.72. The van der Waals surface area contributed by atoms with Crippen LogP contribution in [0.3, 0.4) is 0 Å². The van der Waals surface area contributed by atoms with Crippen LogP contribution in [0.4, 0.5) is 9.93 Å². The number of carbonyl (C=O) groups excluding carboxylic acids is 2.